The highest BCUT2D eigenvalue weighted by Crippen LogP contribution is 2.27. The molecule has 2 aromatic heterocycles. The Labute approximate surface area is 186 Å². The first-order valence-electron chi connectivity index (χ1n) is 9.23. The van der Waals surface area contributed by atoms with Crippen LogP contribution in [0, 0.1) is 6.92 Å². The summed E-state index contributed by atoms with van der Waals surface area (Å²) < 4.78 is 2.90. The molecule has 30 heavy (non-hydrogen) atoms. The number of aromatic nitrogens is 4. The number of nitrogens with zero attached hydrogens (tertiary/aromatic N) is 4. The summed E-state index contributed by atoms with van der Waals surface area (Å²) in [5, 5.41) is 12.3. The van der Waals surface area contributed by atoms with Gasteiger partial charge in [-0.15, -0.1) is 10.2 Å². The van der Waals surface area contributed by atoms with Crippen molar-refractivity contribution in [1.29, 1.82) is 0 Å². The maximum absolute atomic E-state index is 12.5. The number of thioether (sulfide) groups is 1. The molecule has 150 valence electrons. The highest BCUT2D eigenvalue weighted by molar-refractivity contribution is 9.10. The maximum Gasteiger partial charge on any atom is 0.234 e. The fourth-order valence-electron chi connectivity index (χ4n) is 2.92. The van der Waals surface area contributed by atoms with E-state index >= 15 is 0 Å². The van der Waals surface area contributed by atoms with Gasteiger partial charge >= 0.3 is 0 Å². The second-order valence-electron chi connectivity index (χ2n) is 6.49. The summed E-state index contributed by atoms with van der Waals surface area (Å²) in [6, 6.07) is 21.2. The Hall–Kier alpha value is -2.97. The van der Waals surface area contributed by atoms with Crippen molar-refractivity contribution in [3.63, 3.8) is 0 Å². The summed E-state index contributed by atoms with van der Waals surface area (Å²) in [6.07, 6.45) is 1.72. The van der Waals surface area contributed by atoms with E-state index in [1.807, 2.05) is 78.2 Å². The lowest BCUT2D eigenvalue weighted by Crippen LogP contribution is -2.15. The molecule has 0 saturated heterocycles. The molecule has 1 N–H and O–H groups in total. The first kappa shape index (κ1) is 20.3. The van der Waals surface area contributed by atoms with Gasteiger partial charge in [-0.1, -0.05) is 52.0 Å². The molecule has 8 heteroatoms. The molecule has 2 aromatic carbocycles. The lowest BCUT2D eigenvalue weighted by atomic mass is 10.2. The number of pyridine rings is 1. The van der Waals surface area contributed by atoms with Crippen LogP contribution in [0.2, 0.25) is 0 Å². The molecule has 0 saturated carbocycles. The highest BCUT2D eigenvalue weighted by Gasteiger charge is 2.18. The maximum atomic E-state index is 12.5. The minimum atomic E-state index is -0.104. The topological polar surface area (TPSA) is 72.7 Å². The lowest BCUT2D eigenvalue weighted by Gasteiger charge is -2.11. The standard InChI is InChI=1S/C22H18BrN5OS/c1-15-13-16(23)10-11-18(15)25-20(29)14-30-22-27-26-21(19-9-5-6-12-24-19)28(22)17-7-3-2-4-8-17/h2-13H,14H2,1H3,(H,25,29). The molecule has 0 unspecified atom stereocenters. The van der Waals surface area contributed by atoms with E-state index in [-0.39, 0.29) is 11.7 Å². The average molecular weight is 480 g/mol. The van der Waals surface area contributed by atoms with Crippen molar-refractivity contribution in [3.05, 3.63) is 83.0 Å². The predicted octanol–water partition coefficient (Wildman–Crippen LogP) is 5.13. The summed E-state index contributed by atoms with van der Waals surface area (Å²) in [5.41, 5.74) is 3.42. The Kier molecular flexibility index (Phi) is 6.25. The van der Waals surface area contributed by atoms with Crippen LogP contribution >= 0.6 is 27.7 Å². The number of carbonyl (C=O) groups excluding carboxylic acids is 1. The molecular weight excluding hydrogens is 462 g/mol. The van der Waals surface area contributed by atoms with Gasteiger partial charge < -0.3 is 5.32 Å². The van der Waals surface area contributed by atoms with Crippen LogP contribution in [0.4, 0.5) is 5.69 Å². The van der Waals surface area contributed by atoms with Gasteiger partial charge in [-0.2, -0.15) is 0 Å². The highest BCUT2D eigenvalue weighted by atomic mass is 79.9. The van der Waals surface area contributed by atoms with Gasteiger partial charge in [0.1, 0.15) is 5.69 Å². The third-order valence-corrected chi connectivity index (χ3v) is 5.76. The molecule has 0 aliphatic heterocycles. The number of hydrogen-bond donors (Lipinski definition) is 1. The van der Waals surface area contributed by atoms with Crippen LogP contribution in [-0.4, -0.2) is 31.4 Å². The van der Waals surface area contributed by atoms with Crippen molar-refractivity contribution < 1.29 is 4.79 Å². The van der Waals surface area contributed by atoms with Crippen molar-refractivity contribution in [1.82, 2.24) is 19.7 Å². The minimum Gasteiger partial charge on any atom is -0.325 e. The number of nitrogens with one attached hydrogen (secondary N) is 1. The van der Waals surface area contributed by atoms with Crippen molar-refractivity contribution in [2.75, 3.05) is 11.1 Å². The zero-order chi connectivity index (χ0) is 20.9. The number of benzene rings is 2. The fourth-order valence-corrected chi connectivity index (χ4v) is 4.15. The fraction of sp³-hybridized carbons (Fsp3) is 0.0909. The lowest BCUT2D eigenvalue weighted by molar-refractivity contribution is -0.113. The van der Waals surface area contributed by atoms with Crippen molar-refractivity contribution in [2.24, 2.45) is 0 Å². The van der Waals surface area contributed by atoms with E-state index in [0.29, 0.717) is 11.0 Å². The normalized spacial score (nSPS) is 10.7. The Morgan fingerprint density at radius 3 is 2.60 bits per heavy atom. The summed E-state index contributed by atoms with van der Waals surface area (Å²) >= 11 is 4.77. The Morgan fingerprint density at radius 2 is 1.87 bits per heavy atom. The largest absolute Gasteiger partial charge is 0.325 e. The Bertz CT molecular complexity index is 1160. The van der Waals surface area contributed by atoms with Gasteiger partial charge in [-0.25, -0.2) is 0 Å². The van der Waals surface area contributed by atoms with Gasteiger partial charge in [0.15, 0.2) is 11.0 Å². The average Bonchev–Trinajstić information content (AvgIpc) is 3.19. The monoisotopic (exact) mass is 479 g/mol. The van der Waals surface area contributed by atoms with E-state index in [9.17, 15) is 4.79 Å². The summed E-state index contributed by atoms with van der Waals surface area (Å²) in [7, 11) is 0. The number of amides is 1. The van der Waals surface area contributed by atoms with E-state index in [1.54, 1.807) is 6.20 Å². The van der Waals surface area contributed by atoms with Crippen LogP contribution in [0.5, 0.6) is 0 Å². The van der Waals surface area contributed by atoms with Crippen LogP contribution in [0.15, 0.2) is 82.6 Å². The Morgan fingerprint density at radius 1 is 1.07 bits per heavy atom. The van der Waals surface area contributed by atoms with E-state index in [4.69, 9.17) is 0 Å². The molecule has 6 nitrogen and oxygen atoms in total. The molecule has 4 rings (SSSR count). The zero-order valence-corrected chi connectivity index (χ0v) is 18.5. The SMILES string of the molecule is Cc1cc(Br)ccc1NC(=O)CSc1nnc(-c2ccccn2)n1-c1ccccc1. The molecule has 0 atom stereocenters. The molecule has 4 aromatic rings. The molecule has 0 fully saturated rings. The zero-order valence-electron chi connectivity index (χ0n) is 16.1. The van der Waals surface area contributed by atoms with Gasteiger partial charge in [0, 0.05) is 22.0 Å². The van der Waals surface area contributed by atoms with Gasteiger partial charge in [-0.3, -0.25) is 14.3 Å². The summed E-state index contributed by atoms with van der Waals surface area (Å²) in [6.45, 7) is 1.96. The summed E-state index contributed by atoms with van der Waals surface area (Å²) in [4.78, 5) is 16.9. The van der Waals surface area contributed by atoms with Crippen LogP contribution in [0.25, 0.3) is 17.2 Å². The second-order valence-corrected chi connectivity index (χ2v) is 8.35. The van der Waals surface area contributed by atoms with Crippen LogP contribution in [-0.2, 0) is 4.79 Å². The quantitative estimate of drug-likeness (QED) is 0.388. The van der Waals surface area contributed by atoms with Crippen molar-refractivity contribution >= 4 is 39.3 Å². The van der Waals surface area contributed by atoms with E-state index in [1.165, 1.54) is 11.8 Å². The number of anilines is 1. The van der Waals surface area contributed by atoms with Crippen molar-refractivity contribution in [3.8, 4) is 17.2 Å². The number of aryl methyl sites for hydroxylation is 1. The summed E-state index contributed by atoms with van der Waals surface area (Å²) in [5.74, 6) is 0.740. The molecular formula is C22H18BrN5OS. The third-order valence-electron chi connectivity index (χ3n) is 4.34. The molecule has 0 aliphatic carbocycles. The number of halogens is 1. The first-order chi connectivity index (χ1) is 14.6. The smallest absolute Gasteiger partial charge is 0.234 e. The van der Waals surface area contributed by atoms with Gasteiger partial charge in [0.05, 0.1) is 5.75 Å². The first-order valence-corrected chi connectivity index (χ1v) is 11.0. The number of carbonyl (C=O) groups is 1. The third kappa shape index (κ3) is 4.60. The van der Waals surface area contributed by atoms with E-state index in [2.05, 4.69) is 36.4 Å². The molecule has 1 amide bonds. The number of rotatable bonds is 6. The van der Waals surface area contributed by atoms with E-state index in [0.717, 1.165) is 27.1 Å². The predicted molar refractivity (Wildman–Crippen MR) is 123 cm³/mol. The molecule has 0 bridgehead atoms. The molecule has 0 aliphatic rings. The van der Waals surface area contributed by atoms with Gasteiger partial charge in [0.25, 0.3) is 0 Å². The number of para-hydroxylation sites is 1. The minimum absolute atomic E-state index is 0.104. The van der Waals surface area contributed by atoms with Crippen LogP contribution < -0.4 is 5.32 Å². The van der Waals surface area contributed by atoms with Crippen LogP contribution in [0.1, 0.15) is 5.56 Å². The van der Waals surface area contributed by atoms with Crippen LogP contribution in [0.3, 0.4) is 0 Å². The Balaban J connectivity index is 1.57. The van der Waals surface area contributed by atoms with Gasteiger partial charge in [-0.05, 0) is 55.0 Å². The van der Waals surface area contributed by atoms with Crippen molar-refractivity contribution in [2.45, 2.75) is 12.1 Å². The van der Waals surface area contributed by atoms with Gasteiger partial charge in [0.2, 0.25) is 5.91 Å². The van der Waals surface area contributed by atoms with E-state index < -0.39 is 0 Å². The molecule has 0 radical (unpaired) electrons. The number of hydrogen-bond acceptors (Lipinski definition) is 5. The molecule has 2 heterocycles. The second kappa shape index (κ2) is 9.23. The molecule has 0 spiro atoms.